The zero-order chi connectivity index (χ0) is 13.7. The lowest BCUT2D eigenvalue weighted by molar-refractivity contribution is -0.384. The van der Waals surface area contributed by atoms with Crippen LogP contribution in [0.25, 0.3) is 6.08 Å². The minimum atomic E-state index is -0.405. The second kappa shape index (κ2) is 5.66. The number of nitro groups is 1. The van der Waals surface area contributed by atoms with Gasteiger partial charge in [0.15, 0.2) is 0 Å². The van der Waals surface area contributed by atoms with Crippen molar-refractivity contribution in [3.8, 4) is 6.07 Å². The maximum atomic E-state index is 10.7. The van der Waals surface area contributed by atoms with Gasteiger partial charge in [-0.3, -0.25) is 10.1 Å². The van der Waals surface area contributed by atoms with E-state index in [1.54, 1.807) is 6.07 Å². The van der Waals surface area contributed by atoms with E-state index in [2.05, 4.69) is 6.07 Å². The van der Waals surface area contributed by atoms with Gasteiger partial charge in [0.25, 0.3) is 5.69 Å². The van der Waals surface area contributed by atoms with Crippen molar-refractivity contribution >= 4 is 11.8 Å². The van der Waals surface area contributed by atoms with Crippen molar-refractivity contribution in [2.24, 2.45) is 5.41 Å². The maximum absolute atomic E-state index is 10.7. The fraction of sp³-hybridized carbons (Fsp3) is 0.400. The second-order valence-corrected chi connectivity index (χ2v) is 5.01. The van der Waals surface area contributed by atoms with Gasteiger partial charge in [-0.2, -0.15) is 5.26 Å². The highest BCUT2D eigenvalue weighted by Crippen LogP contribution is 2.37. The van der Waals surface area contributed by atoms with Crippen LogP contribution in [-0.2, 0) is 0 Å². The first-order valence-electron chi connectivity index (χ1n) is 6.50. The predicted molar refractivity (Wildman–Crippen MR) is 73.3 cm³/mol. The van der Waals surface area contributed by atoms with E-state index < -0.39 is 4.92 Å². The van der Waals surface area contributed by atoms with Crippen LogP contribution in [-0.4, -0.2) is 4.92 Å². The topological polar surface area (TPSA) is 66.9 Å². The number of nitriles is 1. The molecular formula is C15H16N2O2. The highest BCUT2D eigenvalue weighted by atomic mass is 16.6. The van der Waals surface area contributed by atoms with Crippen LogP contribution in [0.2, 0.25) is 0 Å². The Hall–Kier alpha value is -2.15. The Kier molecular flexibility index (Phi) is 3.96. The van der Waals surface area contributed by atoms with Crippen molar-refractivity contribution < 1.29 is 4.92 Å². The second-order valence-electron chi connectivity index (χ2n) is 5.01. The predicted octanol–water partition coefficient (Wildman–Crippen LogP) is 4.08. The van der Waals surface area contributed by atoms with E-state index >= 15 is 0 Å². The van der Waals surface area contributed by atoms with Gasteiger partial charge in [-0.1, -0.05) is 43.5 Å². The minimum absolute atomic E-state index is 0.0804. The average molecular weight is 256 g/mol. The molecule has 0 aliphatic heterocycles. The van der Waals surface area contributed by atoms with Gasteiger partial charge in [0.05, 0.1) is 16.4 Å². The molecule has 0 heterocycles. The number of nitrogens with zero attached hydrogens (tertiary/aromatic N) is 2. The van der Waals surface area contributed by atoms with Crippen molar-refractivity contribution in [3.63, 3.8) is 0 Å². The molecule has 4 heteroatoms. The largest absolute Gasteiger partial charge is 0.270 e. The van der Waals surface area contributed by atoms with Crippen LogP contribution < -0.4 is 0 Å². The van der Waals surface area contributed by atoms with Crippen LogP contribution >= 0.6 is 0 Å². The summed E-state index contributed by atoms with van der Waals surface area (Å²) in [6.07, 6.45) is 8.87. The molecule has 19 heavy (non-hydrogen) atoms. The molecule has 0 N–H and O–H groups in total. The van der Waals surface area contributed by atoms with Crippen molar-refractivity contribution in [1.29, 1.82) is 5.26 Å². The van der Waals surface area contributed by atoms with E-state index in [0.29, 0.717) is 0 Å². The molecule has 0 unspecified atom stereocenters. The average Bonchev–Trinajstić information content (AvgIpc) is 2.46. The molecule has 1 fully saturated rings. The molecule has 1 saturated carbocycles. The molecule has 0 saturated heterocycles. The number of benzene rings is 1. The molecule has 0 spiro atoms. The summed E-state index contributed by atoms with van der Waals surface area (Å²) >= 11 is 0. The summed E-state index contributed by atoms with van der Waals surface area (Å²) in [5.74, 6) is 0. The highest BCUT2D eigenvalue weighted by molar-refractivity contribution is 5.54. The Labute approximate surface area is 112 Å². The first kappa shape index (κ1) is 13.3. The number of allylic oxidation sites excluding steroid dienone is 1. The van der Waals surface area contributed by atoms with Gasteiger partial charge in [-0.25, -0.2) is 0 Å². The van der Waals surface area contributed by atoms with Gasteiger partial charge >= 0.3 is 0 Å². The standard InChI is InChI=1S/C15H16N2O2/c16-12-15(8-2-1-3-9-15)10-7-13-5-4-6-14(11-13)17(18)19/h4-7,10-11H,1-3,8-9H2/b10-7+. The smallest absolute Gasteiger partial charge is 0.258 e. The van der Waals surface area contributed by atoms with Gasteiger partial charge in [0.1, 0.15) is 0 Å². The molecule has 0 atom stereocenters. The molecule has 2 rings (SSSR count). The molecule has 98 valence electrons. The zero-order valence-corrected chi connectivity index (χ0v) is 10.7. The van der Waals surface area contributed by atoms with Crippen LogP contribution in [0.4, 0.5) is 5.69 Å². The Morgan fingerprint density at radius 2 is 2.05 bits per heavy atom. The highest BCUT2D eigenvalue weighted by Gasteiger charge is 2.28. The molecule has 4 nitrogen and oxygen atoms in total. The van der Waals surface area contributed by atoms with Gasteiger partial charge in [0, 0.05) is 12.1 Å². The van der Waals surface area contributed by atoms with Crippen molar-refractivity contribution in [1.82, 2.24) is 0 Å². The Morgan fingerprint density at radius 1 is 1.32 bits per heavy atom. The lowest BCUT2D eigenvalue weighted by Crippen LogP contribution is -2.18. The van der Waals surface area contributed by atoms with Crippen LogP contribution in [0.1, 0.15) is 37.7 Å². The van der Waals surface area contributed by atoms with Crippen LogP contribution in [0, 0.1) is 26.9 Å². The van der Waals surface area contributed by atoms with Gasteiger partial charge in [-0.15, -0.1) is 0 Å². The monoisotopic (exact) mass is 256 g/mol. The molecular weight excluding hydrogens is 240 g/mol. The summed E-state index contributed by atoms with van der Waals surface area (Å²) < 4.78 is 0. The quantitative estimate of drug-likeness (QED) is 0.604. The summed E-state index contributed by atoms with van der Waals surface area (Å²) in [6.45, 7) is 0. The number of nitro benzene ring substituents is 1. The molecule has 1 aromatic carbocycles. The number of rotatable bonds is 3. The van der Waals surface area contributed by atoms with E-state index in [1.807, 2.05) is 18.2 Å². The summed E-state index contributed by atoms with van der Waals surface area (Å²) in [6, 6.07) is 8.89. The van der Waals surface area contributed by atoms with Crippen LogP contribution in [0.5, 0.6) is 0 Å². The van der Waals surface area contributed by atoms with Gasteiger partial charge < -0.3 is 0 Å². The molecule has 1 aliphatic carbocycles. The molecule has 0 radical (unpaired) electrons. The third kappa shape index (κ3) is 3.19. The first-order chi connectivity index (χ1) is 9.15. The third-order valence-electron chi connectivity index (χ3n) is 3.64. The Morgan fingerprint density at radius 3 is 2.68 bits per heavy atom. The molecule has 0 amide bonds. The summed E-state index contributed by atoms with van der Waals surface area (Å²) in [5, 5.41) is 20.1. The van der Waals surface area contributed by atoms with Crippen molar-refractivity contribution in [2.75, 3.05) is 0 Å². The van der Waals surface area contributed by atoms with E-state index in [4.69, 9.17) is 0 Å². The lowest BCUT2D eigenvalue weighted by atomic mass is 9.75. The van der Waals surface area contributed by atoms with Gasteiger partial charge in [-0.05, 0) is 18.4 Å². The maximum Gasteiger partial charge on any atom is 0.270 e. The summed E-state index contributed by atoms with van der Waals surface area (Å²) in [5.41, 5.74) is 0.467. The Balaban J connectivity index is 2.19. The fourth-order valence-corrected chi connectivity index (χ4v) is 2.50. The van der Waals surface area contributed by atoms with Gasteiger partial charge in [0.2, 0.25) is 0 Å². The first-order valence-corrected chi connectivity index (χ1v) is 6.50. The number of non-ortho nitro benzene ring substituents is 1. The molecule has 0 bridgehead atoms. The molecule has 0 aromatic heterocycles. The fourth-order valence-electron chi connectivity index (χ4n) is 2.50. The normalized spacial score (nSPS) is 18.1. The van der Waals surface area contributed by atoms with Crippen molar-refractivity contribution in [3.05, 3.63) is 46.0 Å². The van der Waals surface area contributed by atoms with Crippen molar-refractivity contribution in [2.45, 2.75) is 32.1 Å². The summed E-state index contributed by atoms with van der Waals surface area (Å²) in [4.78, 5) is 10.3. The molecule has 1 aliphatic rings. The number of hydrogen-bond donors (Lipinski definition) is 0. The third-order valence-corrected chi connectivity index (χ3v) is 3.64. The Bertz CT molecular complexity index is 537. The minimum Gasteiger partial charge on any atom is -0.258 e. The van der Waals surface area contributed by atoms with E-state index in [9.17, 15) is 15.4 Å². The van der Waals surface area contributed by atoms with Crippen LogP contribution in [0.15, 0.2) is 30.3 Å². The zero-order valence-electron chi connectivity index (χ0n) is 10.7. The SMILES string of the molecule is N#CC1(/C=C/c2cccc([N+](=O)[O-])c2)CCCCC1. The number of hydrogen-bond acceptors (Lipinski definition) is 3. The summed E-state index contributed by atoms with van der Waals surface area (Å²) in [7, 11) is 0. The van der Waals surface area contributed by atoms with E-state index in [1.165, 1.54) is 18.6 Å². The molecule has 1 aromatic rings. The van der Waals surface area contributed by atoms with Crippen LogP contribution in [0.3, 0.4) is 0 Å². The lowest BCUT2D eigenvalue weighted by Gasteiger charge is -2.27. The van der Waals surface area contributed by atoms with E-state index in [-0.39, 0.29) is 11.1 Å². The van der Waals surface area contributed by atoms with E-state index in [0.717, 1.165) is 31.2 Å².